The Morgan fingerprint density at radius 2 is 1.50 bits per heavy atom. The molecule has 0 spiro atoms. The molecule has 3 nitrogen and oxygen atoms in total. The van der Waals surface area contributed by atoms with Crippen molar-refractivity contribution in [3.8, 4) is 11.1 Å². The van der Waals surface area contributed by atoms with E-state index >= 15 is 0 Å². The maximum Gasteiger partial charge on any atom is 0.266 e. The van der Waals surface area contributed by atoms with Crippen molar-refractivity contribution >= 4 is 43.4 Å². The van der Waals surface area contributed by atoms with E-state index in [4.69, 9.17) is 4.98 Å². The second-order valence-corrected chi connectivity index (χ2v) is 7.13. The normalized spacial score (nSPS) is 11.4. The number of benzene rings is 3. The number of pyridine rings is 1. The number of nitrogens with zero attached hydrogens (tertiary/aromatic N) is 2. The first-order valence-electron chi connectivity index (χ1n) is 8.31. The molecule has 2 aromatic heterocycles. The standard InChI is InChI=1S/C22H13BrN2O/c23-15-11-9-14(10-12-15)18-13-21-24-19-7-3-1-6-17(19)22(26)25(21)20-8-4-2-5-16(18)20/h1-13H. The molecule has 0 saturated carbocycles. The summed E-state index contributed by atoms with van der Waals surface area (Å²) in [6.45, 7) is 0. The van der Waals surface area contributed by atoms with Crippen LogP contribution in [-0.2, 0) is 0 Å². The van der Waals surface area contributed by atoms with Crippen molar-refractivity contribution in [2.75, 3.05) is 0 Å². The summed E-state index contributed by atoms with van der Waals surface area (Å²) in [6, 6.07) is 25.6. The van der Waals surface area contributed by atoms with E-state index in [0.717, 1.165) is 32.0 Å². The van der Waals surface area contributed by atoms with Crippen LogP contribution in [0, 0.1) is 0 Å². The van der Waals surface area contributed by atoms with Crippen molar-refractivity contribution in [3.05, 3.63) is 93.7 Å². The van der Waals surface area contributed by atoms with Crippen LogP contribution in [0.15, 0.2) is 88.1 Å². The van der Waals surface area contributed by atoms with Gasteiger partial charge in [0, 0.05) is 9.86 Å². The van der Waals surface area contributed by atoms with Gasteiger partial charge in [-0.2, -0.15) is 0 Å². The van der Waals surface area contributed by atoms with Crippen molar-refractivity contribution in [2.45, 2.75) is 0 Å². The van der Waals surface area contributed by atoms with Crippen molar-refractivity contribution in [1.29, 1.82) is 0 Å². The fourth-order valence-corrected chi connectivity index (χ4v) is 3.72. The number of rotatable bonds is 1. The number of fused-ring (bicyclic) bond motifs is 4. The Balaban J connectivity index is 1.99. The van der Waals surface area contributed by atoms with E-state index in [1.807, 2.05) is 66.7 Å². The highest BCUT2D eigenvalue weighted by Crippen LogP contribution is 2.30. The van der Waals surface area contributed by atoms with Gasteiger partial charge in [0.15, 0.2) is 0 Å². The Bertz CT molecular complexity index is 1350. The molecular weight excluding hydrogens is 388 g/mol. The van der Waals surface area contributed by atoms with E-state index in [1.54, 1.807) is 4.40 Å². The quantitative estimate of drug-likeness (QED) is 0.277. The van der Waals surface area contributed by atoms with Crippen LogP contribution in [0.3, 0.4) is 0 Å². The van der Waals surface area contributed by atoms with Crippen LogP contribution >= 0.6 is 15.9 Å². The van der Waals surface area contributed by atoms with Crippen molar-refractivity contribution in [3.63, 3.8) is 0 Å². The summed E-state index contributed by atoms with van der Waals surface area (Å²) >= 11 is 3.49. The zero-order valence-corrected chi connectivity index (χ0v) is 15.3. The Morgan fingerprint density at radius 3 is 2.31 bits per heavy atom. The molecule has 0 N–H and O–H groups in total. The highest BCUT2D eigenvalue weighted by Gasteiger charge is 2.12. The van der Waals surface area contributed by atoms with E-state index in [2.05, 4.69) is 28.1 Å². The molecule has 0 fully saturated rings. The predicted molar refractivity (Wildman–Crippen MR) is 110 cm³/mol. The van der Waals surface area contributed by atoms with Crippen LogP contribution in [0.2, 0.25) is 0 Å². The van der Waals surface area contributed by atoms with E-state index < -0.39 is 0 Å². The third kappa shape index (κ3) is 2.26. The summed E-state index contributed by atoms with van der Waals surface area (Å²) in [7, 11) is 0. The molecule has 2 heterocycles. The molecule has 0 aliphatic carbocycles. The third-order valence-corrected chi connectivity index (χ3v) is 5.19. The molecule has 0 aliphatic heterocycles. The van der Waals surface area contributed by atoms with Gasteiger partial charge in [-0.15, -0.1) is 0 Å². The van der Waals surface area contributed by atoms with Gasteiger partial charge in [0.1, 0.15) is 5.65 Å². The molecule has 26 heavy (non-hydrogen) atoms. The molecule has 0 atom stereocenters. The average Bonchev–Trinajstić information content (AvgIpc) is 2.68. The second kappa shape index (κ2) is 5.78. The highest BCUT2D eigenvalue weighted by atomic mass is 79.9. The SMILES string of the molecule is O=c1c2ccccc2nc2cc(-c3ccc(Br)cc3)c3ccccc3n12. The lowest BCUT2D eigenvalue weighted by Gasteiger charge is -2.12. The first kappa shape index (κ1) is 15.3. The fourth-order valence-electron chi connectivity index (χ4n) is 3.45. The summed E-state index contributed by atoms with van der Waals surface area (Å²) < 4.78 is 2.74. The van der Waals surface area contributed by atoms with E-state index in [1.165, 1.54) is 0 Å². The minimum absolute atomic E-state index is 0.0378. The topological polar surface area (TPSA) is 34.4 Å². The van der Waals surface area contributed by atoms with Crippen LogP contribution in [0.5, 0.6) is 0 Å². The van der Waals surface area contributed by atoms with Crippen molar-refractivity contribution in [2.24, 2.45) is 0 Å². The molecule has 0 amide bonds. The summed E-state index contributed by atoms with van der Waals surface area (Å²) in [4.78, 5) is 17.9. The van der Waals surface area contributed by atoms with Gasteiger partial charge in [-0.05, 0) is 47.5 Å². The summed E-state index contributed by atoms with van der Waals surface area (Å²) in [5.41, 5.74) is 4.36. The molecular formula is C22H13BrN2O. The number of hydrogen-bond acceptors (Lipinski definition) is 2. The molecule has 0 saturated heterocycles. The number of hydrogen-bond donors (Lipinski definition) is 0. The lowest BCUT2D eigenvalue weighted by Crippen LogP contribution is -2.16. The van der Waals surface area contributed by atoms with Gasteiger partial charge in [-0.3, -0.25) is 9.20 Å². The van der Waals surface area contributed by atoms with Gasteiger partial charge in [0.05, 0.1) is 16.4 Å². The first-order chi connectivity index (χ1) is 12.7. The molecule has 0 unspecified atom stereocenters. The molecule has 0 radical (unpaired) electrons. The van der Waals surface area contributed by atoms with Crippen LogP contribution in [-0.4, -0.2) is 9.38 Å². The highest BCUT2D eigenvalue weighted by molar-refractivity contribution is 9.10. The maximum atomic E-state index is 13.1. The Morgan fingerprint density at radius 1 is 0.808 bits per heavy atom. The van der Waals surface area contributed by atoms with Gasteiger partial charge in [-0.25, -0.2) is 4.98 Å². The van der Waals surface area contributed by atoms with Gasteiger partial charge in [0.2, 0.25) is 0 Å². The second-order valence-electron chi connectivity index (χ2n) is 6.21. The summed E-state index contributed by atoms with van der Waals surface area (Å²) in [5.74, 6) is 0. The number of halogens is 1. The molecule has 3 aromatic carbocycles. The van der Waals surface area contributed by atoms with Crippen molar-refractivity contribution in [1.82, 2.24) is 9.38 Å². The van der Waals surface area contributed by atoms with Gasteiger partial charge in [-0.1, -0.05) is 58.4 Å². The summed E-state index contributed by atoms with van der Waals surface area (Å²) in [6.07, 6.45) is 0. The van der Waals surface area contributed by atoms with E-state index in [9.17, 15) is 4.79 Å². The molecule has 5 rings (SSSR count). The molecule has 124 valence electrons. The van der Waals surface area contributed by atoms with E-state index in [-0.39, 0.29) is 5.56 Å². The predicted octanol–water partition coefficient (Wildman–Crippen LogP) is 5.43. The van der Waals surface area contributed by atoms with Crippen molar-refractivity contribution < 1.29 is 0 Å². The number of aromatic nitrogens is 2. The Kier molecular flexibility index (Phi) is 3.40. The number of para-hydroxylation sites is 2. The maximum absolute atomic E-state index is 13.1. The average molecular weight is 401 g/mol. The Hall–Kier alpha value is -2.98. The molecule has 0 aliphatic rings. The van der Waals surface area contributed by atoms with E-state index in [0.29, 0.717) is 11.0 Å². The smallest absolute Gasteiger partial charge is 0.266 e. The van der Waals surface area contributed by atoms with Crippen LogP contribution in [0.4, 0.5) is 0 Å². The van der Waals surface area contributed by atoms with Crippen LogP contribution in [0.1, 0.15) is 0 Å². The molecule has 0 bridgehead atoms. The van der Waals surface area contributed by atoms with Gasteiger partial charge < -0.3 is 0 Å². The lowest BCUT2D eigenvalue weighted by molar-refractivity contribution is 1.13. The largest absolute Gasteiger partial charge is 0.268 e. The summed E-state index contributed by atoms with van der Waals surface area (Å²) in [5, 5.41) is 1.66. The molecule has 4 heteroatoms. The third-order valence-electron chi connectivity index (χ3n) is 4.67. The van der Waals surface area contributed by atoms with Crippen LogP contribution in [0.25, 0.3) is 38.6 Å². The minimum atomic E-state index is -0.0378. The zero-order valence-electron chi connectivity index (χ0n) is 13.7. The van der Waals surface area contributed by atoms with Gasteiger partial charge in [0.25, 0.3) is 5.56 Å². The minimum Gasteiger partial charge on any atom is -0.268 e. The Labute approximate surface area is 157 Å². The monoisotopic (exact) mass is 400 g/mol. The first-order valence-corrected chi connectivity index (χ1v) is 9.11. The molecule has 5 aromatic rings. The lowest BCUT2D eigenvalue weighted by atomic mass is 10.0. The zero-order chi connectivity index (χ0) is 17.7. The van der Waals surface area contributed by atoms with Crippen LogP contribution < -0.4 is 5.56 Å². The van der Waals surface area contributed by atoms with Gasteiger partial charge >= 0.3 is 0 Å². The fraction of sp³-hybridized carbons (Fsp3) is 0.